The van der Waals surface area contributed by atoms with E-state index in [9.17, 15) is 8.42 Å². The number of hydrogen-bond donors (Lipinski definition) is 1. The lowest BCUT2D eigenvalue weighted by molar-refractivity contribution is 0.602. The van der Waals surface area contributed by atoms with Crippen molar-refractivity contribution in [2.45, 2.75) is 11.4 Å². The van der Waals surface area contributed by atoms with Crippen molar-refractivity contribution in [3.05, 3.63) is 58.6 Å². The van der Waals surface area contributed by atoms with Gasteiger partial charge in [-0.1, -0.05) is 29.8 Å². The van der Waals surface area contributed by atoms with Gasteiger partial charge in [0.2, 0.25) is 0 Å². The number of sulfone groups is 1. The Bertz CT molecular complexity index is 811. The van der Waals surface area contributed by atoms with Crippen molar-refractivity contribution in [2.24, 2.45) is 0 Å². The number of anilines is 1. The summed E-state index contributed by atoms with van der Waals surface area (Å²) in [6, 6.07) is 13.8. The summed E-state index contributed by atoms with van der Waals surface area (Å²) in [5.41, 5.74) is 1.91. The molecule has 4 nitrogen and oxygen atoms in total. The van der Waals surface area contributed by atoms with Gasteiger partial charge < -0.3 is 5.32 Å². The Morgan fingerprint density at radius 1 is 1.24 bits per heavy atom. The molecule has 2 aromatic rings. The summed E-state index contributed by atoms with van der Waals surface area (Å²) in [5.74, 6) is 0. The zero-order chi connectivity index (χ0) is 15.5. The molecule has 0 heterocycles. The van der Waals surface area contributed by atoms with Crippen molar-refractivity contribution in [3.8, 4) is 6.07 Å². The average Bonchev–Trinajstić information content (AvgIpc) is 2.45. The highest BCUT2D eigenvalue weighted by Gasteiger charge is 2.10. The van der Waals surface area contributed by atoms with Gasteiger partial charge in [0.1, 0.15) is 0 Å². The number of nitriles is 1. The van der Waals surface area contributed by atoms with Crippen molar-refractivity contribution in [1.82, 2.24) is 0 Å². The Hall–Kier alpha value is -2.03. The highest BCUT2D eigenvalue weighted by atomic mass is 35.5. The minimum Gasteiger partial charge on any atom is -0.380 e. The SMILES string of the molecule is CS(=O)(=O)c1ccc(Cl)c(NCc2ccccc2C#N)c1. The zero-order valence-corrected chi connectivity index (χ0v) is 12.9. The Kier molecular flexibility index (Phi) is 4.51. The molecule has 2 rings (SSSR count). The number of halogens is 1. The maximum Gasteiger partial charge on any atom is 0.175 e. The number of nitrogens with zero attached hydrogens (tertiary/aromatic N) is 1. The Labute approximate surface area is 128 Å². The van der Waals surface area contributed by atoms with Crippen molar-refractivity contribution in [3.63, 3.8) is 0 Å². The van der Waals surface area contributed by atoms with Crippen LogP contribution in [0, 0.1) is 11.3 Å². The maximum atomic E-state index is 11.6. The molecule has 0 atom stereocenters. The molecule has 0 saturated carbocycles. The molecule has 0 saturated heterocycles. The van der Waals surface area contributed by atoms with E-state index in [2.05, 4.69) is 11.4 Å². The molecule has 0 unspecified atom stereocenters. The highest BCUT2D eigenvalue weighted by Crippen LogP contribution is 2.26. The first-order chi connectivity index (χ1) is 9.91. The third-order valence-electron chi connectivity index (χ3n) is 2.97. The number of nitrogens with one attached hydrogen (secondary N) is 1. The largest absolute Gasteiger partial charge is 0.380 e. The lowest BCUT2D eigenvalue weighted by Crippen LogP contribution is -2.04. The molecule has 0 fully saturated rings. The van der Waals surface area contributed by atoms with Crippen LogP contribution in [0.25, 0.3) is 0 Å². The van der Waals surface area contributed by atoms with Crippen molar-refractivity contribution >= 4 is 27.1 Å². The van der Waals surface area contributed by atoms with Crippen molar-refractivity contribution in [1.29, 1.82) is 5.26 Å². The van der Waals surface area contributed by atoms with E-state index < -0.39 is 9.84 Å². The van der Waals surface area contributed by atoms with Crippen molar-refractivity contribution < 1.29 is 8.42 Å². The van der Waals surface area contributed by atoms with E-state index in [0.29, 0.717) is 22.8 Å². The van der Waals surface area contributed by atoms with Crippen LogP contribution >= 0.6 is 11.6 Å². The smallest absolute Gasteiger partial charge is 0.175 e. The first-order valence-corrected chi connectivity index (χ1v) is 8.40. The second-order valence-electron chi connectivity index (χ2n) is 4.54. The van der Waals surface area contributed by atoms with Gasteiger partial charge >= 0.3 is 0 Å². The minimum atomic E-state index is -3.29. The summed E-state index contributed by atoms with van der Waals surface area (Å²) < 4.78 is 23.1. The van der Waals surface area contributed by atoms with Gasteiger partial charge in [-0.25, -0.2) is 8.42 Å². The standard InChI is InChI=1S/C15H13ClN2O2S/c1-21(19,20)13-6-7-14(16)15(8-13)18-10-12-5-3-2-4-11(12)9-17/h2-8,18H,10H2,1H3. The normalized spacial score (nSPS) is 10.9. The molecule has 0 aliphatic heterocycles. The number of benzene rings is 2. The number of hydrogen-bond acceptors (Lipinski definition) is 4. The first-order valence-electron chi connectivity index (χ1n) is 6.13. The molecular formula is C15H13ClN2O2S. The van der Waals surface area contributed by atoms with Gasteiger partial charge in [-0.15, -0.1) is 0 Å². The van der Waals surface area contributed by atoms with E-state index in [1.54, 1.807) is 12.1 Å². The van der Waals surface area contributed by atoms with Crippen LogP contribution in [0.4, 0.5) is 5.69 Å². The van der Waals surface area contributed by atoms with Gasteiger partial charge in [-0.2, -0.15) is 5.26 Å². The Morgan fingerprint density at radius 3 is 2.62 bits per heavy atom. The fourth-order valence-corrected chi connectivity index (χ4v) is 2.68. The summed E-state index contributed by atoms with van der Waals surface area (Å²) in [4.78, 5) is 0.197. The maximum absolute atomic E-state index is 11.6. The fraction of sp³-hybridized carbons (Fsp3) is 0.133. The second-order valence-corrected chi connectivity index (χ2v) is 6.96. The lowest BCUT2D eigenvalue weighted by Gasteiger charge is -2.11. The molecule has 0 aliphatic rings. The van der Waals surface area contributed by atoms with E-state index in [0.717, 1.165) is 11.8 Å². The highest BCUT2D eigenvalue weighted by molar-refractivity contribution is 7.90. The molecule has 2 aromatic carbocycles. The fourth-order valence-electron chi connectivity index (χ4n) is 1.84. The minimum absolute atomic E-state index is 0.197. The van der Waals surface area contributed by atoms with E-state index in [1.807, 2.05) is 12.1 Å². The lowest BCUT2D eigenvalue weighted by atomic mass is 10.1. The van der Waals surface area contributed by atoms with Crippen molar-refractivity contribution in [2.75, 3.05) is 11.6 Å². The van der Waals surface area contributed by atoms with Crippen LogP contribution in [0.5, 0.6) is 0 Å². The average molecular weight is 321 g/mol. The van der Waals surface area contributed by atoms with Crippen LogP contribution in [0.1, 0.15) is 11.1 Å². The molecule has 108 valence electrons. The van der Waals surface area contributed by atoms with E-state index >= 15 is 0 Å². The number of rotatable bonds is 4. The molecule has 0 aromatic heterocycles. The van der Waals surface area contributed by atoms with Crippen LogP contribution in [-0.2, 0) is 16.4 Å². The zero-order valence-electron chi connectivity index (χ0n) is 11.3. The summed E-state index contributed by atoms with van der Waals surface area (Å²) in [5, 5.41) is 12.5. The summed E-state index contributed by atoms with van der Waals surface area (Å²) >= 11 is 6.06. The van der Waals surface area contributed by atoms with Gasteiger partial charge in [0.05, 0.1) is 27.2 Å². The molecule has 0 radical (unpaired) electrons. The predicted octanol–water partition coefficient (Wildman–Crippen LogP) is 3.23. The Morgan fingerprint density at radius 2 is 1.95 bits per heavy atom. The quantitative estimate of drug-likeness (QED) is 0.939. The van der Waals surface area contributed by atoms with E-state index in [1.165, 1.54) is 18.2 Å². The van der Waals surface area contributed by atoms with Gasteiger partial charge in [-0.3, -0.25) is 0 Å². The van der Waals surface area contributed by atoms with Crippen LogP contribution in [-0.4, -0.2) is 14.7 Å². The Balaban J connectivity index is 2.26. The van der Waals surface area contributed by atoms with E-state index in [4.69, 9.17) is 16.9 Å². The summed E-state index contributed by atoms with van der Waals surface area (Å²) in [6.07, 6.45) is 1.14. The van der Waals surface area contributed by atoms with Gasteiger partial charge in [-0.05, 0) is 29.8 Å². The molecule has 0 bridgehead atoms. The van der Waals surface area contributed by atoms with E-state index in [-0.39, 0.29) is 4.90 Å². The second kappa shape index (κ2) is 6.17. The first kappa shape index (κ1) is 15.4. The predicted molar refractivity (Wildman–Crippen MR) is 83.0 cm³/mol. The molecule has 1 N–H and O–H groups in total. The molecule has 0 aliphatic carbocycles. The molecule has 6 heteroatoms. The van der Waals surface area contributed by atoms with Crippen LogP contribution in [0.2, 0.25) is 5.02 Å². The van der Waals surface area contributed by atoms with Gasteiger partial charge in [0, 0.05) is 12.8 Å². The molecule has 0 amide bonds. The summed E-state index contributed by atoms with van der Waals surface area (Å²) in [7, 11) is -3.29. The third-order valence-corrected chi connectivity index (χ3v) is 4.41. The topological polar surface area (TPSA) is 70.0 Å². The van der Waals surface area contributed by atoms with Crippen LogP contribution < -0.4 is 5.32 Å². The molecule has 21 heavy (non-hydrogen) atoms. The summed E-state index contributed by atoms with van der Waals surface area (Å²) in [6.45, 7) is 0.386. The van der Waals surface area contributed by atoms with Gasteiger partial charge in [0.25, 0.3) is 0 Å². The van der Waals surface area contributed by atoms with Gasteiger partial charge in [0.15, 0.2) is 9.84 Å². The monoisotopic (exact) mass is 320 g/mol. The third kappa shape index (κ3) is 3.75. The van der Waals surface area contributed by atoms with Crippen LogP contribution in [0.15, 0.2) is 47.4 Å². The molecular weight excluding hydrogens is 308 g/mol. The molecule has 0 spiro atoms. The van der Waals surface area contributed by atoms with Crippen LogP contribution in [0.3, 0.4) is 0 Å².